The predicted octanol–water partition coefficient (Wildman–Crippen LogP) is 2.43. The largest absolute Gasteiger partial charge is 0.367 e. The predicted molar refractivity (Wildman–Crippen MR) is 124 cm³/mol. The van der Waals surface area contributed by atoms with Crippen LogP contribution in [0.1, 0.15) is 50.5 Å². The Balaban J connectivity index is 1.45. The molecule has 0 saturated heterocycles. The van der Waals surface area contributed by atoms with Crippen LogP contribution in [0.2, 0.25) is 0 Å². The van der Waals surface area contributed by atoms with Crippen molar-refractivity contribution in [1.82, 2.24) is 19.7 Å². The molecule has 0 amide bonds. The lowest BCUT2D eigenvalue weighted by Gasteiger charge is -2.15. The van der Waals surface area contributed by atoms with Gasteiger partial charge in [-0.25, -0.2) is 15.1 Å². The van der Waals surface area contributed by atoms with Crippen molar-refractivity contribution in [2.45, 2.75) is 45.7 Å². The molecule has 10 nitrogen and oxygen atoms in total. The second-order valence-corrected chi connectivity index (χ2v) is 10.8. The minimum Gasteiger partial charge on any atom is -0.367 e. The third kappa shape index (κ3) is 6.02. The number of thiophene rings is 1. The number of carbonyl (C=O) groups excluding carboxylic acids is 1. The average molecular weight is 491 g/mol. The minimum atomic E-state index is -3.95. The fourth-order valence-corrected chi connectivity index (χ4v) is 5.37. The summed E-state index contributed by atoms with van der Waals surface area (Å²) in [6, 6.07) is 1.95. The molecule has 0 aromatic carbocycles. The van der Waals surface area contributed by atoms with Crippen LogP contribution in [0.15, 0.2) is 31.0 Å². The summed E-state index contributed by atoms with van der Waals surface area (Å²) in [6.45, 7) is 4.64. The molecule has 2 atom stereocenters. The van der Waals surface area contributed by atoms with E-state index >= 15 is 0 Å². The highest BCUT2D eigenvalue weighted by Gasteiger charge is 2.28. The molecule has 33 heavy (non-hydrogen) atoms. The van der Waals surface area contributed by atoms with E-state index in [0.29, 0.717) is 29.2 Å². The summed E-state index contributed by atoms with van der Waals surface area (Å²) >= 11 is 1.44. The maximum absolute atomic E-state index is 13.3. The first-order valence-corrected chi connectivity index (χ1v) is 12.8. The van der Waals surface area contributed by atoms with Gasteiger partial charge in [0.05, 0.1) is 29.8 Å². The van der Waals surface area contributed by atoms with E-state index < -0.39 is 10.3 Å². The molecular weight excluding hydrogens is 464 g/mol. The molecule has 1 aliphatic carbocycles. The van der Waals surface area contributed by atoms with Gasteiger partial charge in [-0.15, -0.1) is 11.3 Å². The van der Waals surface area contributed by atoms with Gasteiger partial charge in [0.25, 0.3) is 0 Å². The zero-order valence-electron chi connectivity index (χ0n) is 18.4. The molecule has 0 aliphatic heterocycles. The summed E-state index contributed by atoms with van der Waals surface area (Å²) in [4.78, 5) is 23.3. The second-order valence-electron chi connectivity index (χ2n) is 8.32. The topological polar surface area (TPSA) is 142 Å². The van der Waals surface area contributed by atoms with Gasteiger partial charge in [0, 0.05) is 23.3 Å². The van der Waals surface area contributed by atoms with Crippen LogP contribution in [0.4, 0.5) is 5.82 Å². The number of nitrogens with two attached hydrogens (primary N) is 1. The fraction of sp³-hybridized carbons (Fsp3) is 0.429. The van der Waals surface area contributed by atoms with Crippen molar-refractivity contribution in [3.63, 3.8) is 0 Å². The van der Waals surface area contributed by atoms with Gasteiger partial charge in [0.1, 0.15) is 12.1 Å². The molecule has 3 heterocycles. The Hall–Kier alpha value is -2.67. The standard InChI is InChI=1S/C21H26N6O4S2/c1-13-7-25-27(9-13)10-16-6-19(32-14(16)2)20(28)18-8-23-12-24-21(18)26-17-4-3-15(5-17)11-31-33(22,29)30/h6-9,12,15,17H,3-5,10-11H2,1-2H3,(H2,22,29,30)(H,23,24,26)/t15-,17+/m1/s1. The molecule has 3 aromatic heterocycles. The molecule has 0 unspecified atom stereocenters. The van der Waals surface area contributed by atoms with Crippen LogP contribution in [0.5, 0.6) is 0 Å². The minimum absolute atomic E-state index is 0.0456. The normalized spacial score (nSPS) is 18.5. The number of aromatic nitrogens is 4. The fourth-order valence-electron chi connectivity index (χ4n) is 4.00. The van der Waals surface area contributed by atoms with E-state index in [4.69, 9.17) is 9.32 Å². The number of hydrogen-bond donors (Lipinski definition) is 2. The van der Waals surface area contributed by atoms with Crippen molar-refractivity contribution < 1.29 is 17.4 Å². The van der Waals surface area contributed by atoms with Gasteiger partial charge in [-0.3, -0.25) is 13.7 Å². The van der Waals surface area contributed by atoms with Crippen LogP contribution in [0.3, 0.4) is 0 Å². The number of rotatable bonds is 9. The molecule has 4 rings (SSSR count). The van der Waals surface area contributed by atoms with Crippen LogP contribution in [-0.2, 0) is 21.0 Å². The van der Waals surface area contributed by atoms with Gasteiger partial charge in [0.15, 0.2) is 0 Å². The second kappa shape index (κ2) is 9.67. The number of aryl methyl sites for hydroxylation is 2. The van der Waals surface area contributed by atoms with E-state index in [2.05, 4.69) is 20.4 Å². The van der Waals surface area contributed by atoms with Crippen molar-refractivity contribution >= 4 is 33.2 Å². The quantitative estimate of drug-likeness (QED) is 0.436. The average Bonchev–Trinajstić information content (AvgIpc) is 3.47. The van der Waals surface area contributed by atoms with E-state index in [1.165, 1.54) is 23.9 Å². The van der Waals surface area contributed by atoms with Gasteiger partial charge < -0.3 is 5.32 Å². The van der Waals surface area contributed by atoms with E-state index in [-0.39, 0.29) is 24.3 Å². The summed E-state index contributed by atoms with van der Waals surface area (Å²) in [5.41, 5.74) is 2.54. The lowest BCUT2D eigenvalue weighted by atomic mass is 10.1. The zero-order chi connectivity index (χ0) is 23.6. The SMILES string of the molecule is Cc1cnn(Cc2cc(C(=O)c3cncnc3N[C@H]3CC[C@@H](COS(N)(=O)=O)C3)sc2C)c1. The van der Waals surface area contributed by atoms with Crippen molar-refractivity contribution in [3.05, 3.63) is 57.4 Å². The highest BCUT2D eigenvalue weighted by molar-refractivity contribution is 7.84. The molecule has 0 spiro atoms. The van der Waals surface area contributed by atoms with Crippen molar-refractivity contribution in [1.29, 1.82) is 0 Å². The highest BCUT2D eigenvalue weighted by atomic mass is 32.2. The Kier molecular flexibility index (Phi) is 6.88. The molecule has 0 bridgehead atoms. The van der Waals surface area contributed by atoms with Gasteiger partial charge in [-0.2, -0.15) is 13.5 Å². The van der Waals surface area contributed by atoms with Gasteiger partial charge >= 0.3 is 10.3 Å². The first-order valence-electron chi connectivity index (χ1n) is 10.5. The van der Waals surface area contributed by atoms with Crippen molar-refractivity contribution in [3.8, 4) is 0 Å². The van der Waals surface area contributed by atoms with Crippen molar-refractivity contribution in [2.75, 3.05) is 11.9 Å². The van der Waals surface area contributed by atoms with Gasteiger partial charge in [-0.05, 0) is 56.2 Å². The number of hydrogen-bond acceptors (Lipinski definition) is 9. The van der Waals surface area contributed by atoms with Crippen LogP contribution >= 0.6 is 11.3 Å². The maximum Gasteiger partial charge on any atom is 0.333 e. The van der Waals surface area contributed by atoms with Gasteiger partial charge in [-0.1, -0.05) is 0 Å². The third-order valence-corrected chi connectivity index (χ3v) is 7.20. The van der Waals surface area contributed by atoms with Crippen LogP contribution in [0, 0.1) is 19.8 Å². The molecule has 0 radical (unpaired) electrons. The van der Waals surface area contributed by atoms with Crippen LogP contribution < -0.4 is 10.5 Å². The Morgan fingerprint density at radius 1 is 1.33 bits per heavy atom. The Bertz CT molecular complexity index is 1250. The smallest absolute Gasteiger partial charge is 0.333 e. The lowest BCUT2D eigenvalue weighted by molar-refractivity contribution is 0.104. The van der Waals surface area contributed by atoms with E-state index in [0.717, 1.165) is 28.8 Å². The Labute approximate surface area is 196 Å². The molecule has 1 aliphatic rings. The number of anilines is 1. The lowest BCUT2D eigenvalue weighted by Crippen LogP contribution is -2.22. The molecule has 3 N–H and O–H groups in total. The number of nitrogens with zero attached hydrogens (tertiary/aromatic N) is 4. The zero-order valence-corrected chi connectivity index (χ0v) is 20.0. The first kappa shape index (κ1) is 23.5. The summed E-state index contributed by atoms with van der Waals surface area (Å²) in [5, 5.41) is 12.6. The Morgan fingerprint density at radius 3 is 2.88 bits per heavy atom. The van der Waals surface area contributed by atoms with Crippen LogP contribution in [-0.4, -0.2) is 46.6 Å². The Morgan fingerprint density at radius 2 is 2.15 bits per heavy atom. The number of nitrogens with one attached hydrogen (secondary N) is 1. The summed E-state index contributed by atoms with van der Waals surface area (Å²) in [7, 11) is -3.95. The molecule has 176 valence electrons. The third-order valence-electron chi connectivity index (χ3n) is 5.65. The monoisotopic (exact) mass is 490 g/mol. The molecule has 1 saturated carbocycles. The summed E-state index contributed by atoms with van der Waals surface area (Å²) in [6.07, 6.45) is 9.00. The van der Waals surface area contributed by atoms with E-state index in [1.807, 2.05) is 37.0 Å². The summed E-state index contributed by atoms with van der Waals surface area (Å²) < 4.78 is 28.6. The van der Waals surface area contributed by atoms with E-state index in [9.17, 15) is 13.2 Å². The van der Waals surface area contributed by atoms with Gasteiger partial charge in [0.2, 0.25) is 5.78 Å². The van der Waals surface area contributed by atoms with E-state index in [1.54, 1.807) is 0 Å². The number of ketones is 1. The molecule has 1 fully saturated rings. The highest BCUT2D eigenvalue weighted by Crippen LogP contribution is 2.30. The van der Waals surface area contributed by atoms with Crippen molar-refractivity contribution in [2.24, 2.45) is 11.1 Å². The molecule has 3 aromatic rings. The number of carbonyl (C=O) groups is 1. The molecular formula is C21H26N6O4S2. The maximum atomic E-state index is 13.3. The first-order chi connectivity index (χ1) is 15.7. The molecule has 12 heteroatoms. The van der Waals surface area contributed by atoms with Crippen LogP contribution in [0.25, 0.3) is 0 Å². The summed E-state index contributed by atoms with van der Waals surface area (Å²) in [5.74, 6) is 0.403.